The summed E-state index contributed by atoms with van der Waals surface area (Å²) >= 11 is 0. The first-order valence-electron chi connectivity index (χ1n) is 8.14. The second kappa shape index (κ2) is 7.25. The van der Waals surface area contributed by atoms with Gasteiger partial charge in [0.05, 0.1) is 0 Å². The third kappa shape index (κ3) is 3.45. The van der Waals surface area contributed by atoms with Crippen molar-refractivity contribution in [2.45, 2.75) is 25.7 Å². The molecule has 1 amide bonds. The molecular weight excluding hydrogens is 302 g/mol. The number of rotatable bonds is 4. The molecule has 2 aromatic rings. The van der Waals surface area contributed by atoms with Gasteiger partial charge < -0.3 is 9.64 Å². The maximum absolute atomic E-state index is 11.9. The first-order valence-corrected chi connectivity index (χ1v) is 8.14. The quantitative estimate of drug-likeness (QED) is 0.809. The van der Waals surface area contributed by atoms with Crippen LogP contribution in [0.1, 0.15) is 30.0 Å². The molecule has 0 aliphatic carbocycles. The highest BCUT2D eigenvalue weighted by molar-refractivity contribution is 5.87. The average molecular weight is 323 g/mol. The van der Waals surface area contributed by atoms with Crippen LogP contribution >= 0.6 is 0 Å². The van der Waals surface area contributed by atoms with E-state index in [9.17, 15) is 4.79 Å². The number of amides is 1. The van der Waals surface area contributed by atoms with E-state index in [0.29, 0.717) is 12.4 Å². The van der Waals surface area contributed by atoms with Gasteiger partial charge in [0, 0.05) is 31.4 Å². The van der Waals surface area contributed by atoms with Gasteiger partial charge in [-0.05, 0) is 37.5 Å². The van der Waals surface area contributed by atoms with Crippen molar-refractivity contribution in [3.05, 3.63) is 60.6 Å². The highest BCUT2D eigenvalue weighted by Gasteiger charge is 2.27. The standard InChI is InChI=1S/C19H21N3O2/c1-3-17(23)22-12-6-8-15(13-22)18-19(21-11-10-20-18)24-16-9-5-4-7-14(16)2/h3-5,7,9-11,15H,1,6,8,12-13H2,2H3. The zero-order chi connectivity index (χ0) is 16.9. The maximum atomic E-state index is 11.9. The molecular formula is C19H21N3O2. The molecule has 0 saturated carbocycles. The predicted molar refractivity (Wildman–Crippen MR) is 92.0 cm³/mol. The molecule has 1 atom stereocenters. The van der Waals surface area contributed by atoms with Gasteiger partial charge in [-0.2, -0.15) is 0 Å². The van der Waals surface area contributed by atoms with Gasteiger partial charge in [0.15, 0.2) is 0 Å². The van der Waals surface area contributed by atoms with E-state index >= 15 is 0 Å². The zero-order valence-corrected chi connectivity index (χ0v) is 13.8. The fraction of sp³-hybridized carbons (Fsp3) is 0.316. The molecule has 2 heterocycles. The van der Waals surface area contributed by atoms with Crippen LogP contribution in [0.4, 0.5) is 0 Å². The van der Waals surface area contributed by atoms with Crippen LogP contribution in [0.2, 0.25) is 0 Å². The summed E-state index contributed by atoms with van der Waals surface area (Å²) in [5, 5.41) is 0. The maximum Gasteiger partial charge on any atom is 0.245 e. The number of aryl methyl sites for hydroxylation is 1. The van der Waals surface area contributed by atoms with E-state index < -0.39 is 0 Å². The number of carbonyl (C=O) groups is 1. The minimum absolute atomic E-state index is 0.0371. The van der Waals surface area contributed by atoms with Crippen molar-refractivity contribution in [1.29, 1.82) is 0 Å². The fourth-order valence-electron chi connectivity index (χ4n) is 3.00. The minimum Gasteiger partial charge on any atom is -0.437 e. The lowest BCUT2D eigenvalue weighted by Gasteiger charge is -2.32. The van der Waals surface area contributed by atoms with Crippen LogP contribution in [0.15, 0.2) is 49.3 Å². The van der Waals surface area contributed by atoms with E-state index in [1.54, 1.807) is 12.4 Å². The third-order valence-electron chi connectivity index (χ3n) is 4.29. The van der Waals surface area contributed by atoms with Gasteiger partial charge in [-0.1, -0.05) is 24.8 Å². The van der Waals surface area contributed by atoms with Crippen molar-refractivity contribution < 1.29 is 9.53 Å². The number of piperidine rings is 1. The smallest absolute Gasteiger partial charge is 0.245 e. The number of carbonyl (C=O) groups excluding carboxylic acids is 1. The molecule has 1 saturated heterocycles. The third-order valence-corrected chi connectivity index (χ3v) is 4.29. The van der Waals surface area contributed by atoms with Crippen molar-refractivity contribution in [3.63, 3.8) is 0 Å². The summed E-state index contributed by atoms with van der Waals surface area (Å²) in [5.74, 6) is 1.37. The second-order valence-electron chi connectivity index (χ2n) is 5.94. The number of ether oxygens (including phenoxy) is 1. The molecule has 5 nitrogen and oxygen atoms in total. The Kier molecular flexibility index (Phi) is 4.89. The molecule has 1 fully saturated rings. The molecule has 24 heavy (non-hydrogen) atoms. The number of benzene rings is 1. The molecule has 1 aromatic carbocycles. The SMILES string of the molecule is C=CC(=O)N1CCCC(c2nccnc2Oc2ccccc2C)C1. The topological polar surface area (TPSA) is 55.3 Å². The lowest BCUT2D eigenvalue weighted by atomic mass is 9.94. The largest absolute Gasteiger partial charge is 0.437 e. The Balaban J connectivity index is 1.85. The Hall–Kier alpha value is -2.69. The van der Waals surface area contributed by atoms with Crippen LogP contribution < -0.4 is 4.74 Å². The van der Waals surface area contributed by atoms with Crippen molar-refractivity contribution >= 4 is 5.91 Å². The molecule has 1 unspecified atom stereocenters. The Bertz CT molecular complexity index is 745. The number of hydrogen-bond donors (Lipinski definition) is 0. The summed E-state index contributed by atoms with van der Waals surface area (Å²) in [6.07, 6.45) is 6.57. The van der Waals surface area contributed by atoms with Crippen LogP contribution in [0, 0.1) is 6.92 Å². The van der Waals surface area contributed by atoms with Gasteiger partial charge in [0.25, 0.3) is 0 Å². The monoisotopic (exact) mass is 323 g/mol. The van der Waals surface area contributed by atoms with Crippen LogP contribution in [-0.2, 0) is 4.79 Å². The van der Waals surface area contributed by atoms with Gasteiger partial charge in [0.1, 0.15) is 11.4 Å². The summed E-state index contributed by atoms with van der Waals surface area (Å²) in [6.45, 7) is 6.95. The molecule has 3 rings (SSSR count). The Morgan fingerprint density at radius 2 is 2.12 bits per heavy atom. The summed E-state index contributed by atoms with van der Waals surface area (Å²) in [6, 6.07) is 7.82. The van der Waals surface area contributed by atoms with Gasteiger partial charge in [0.2, 0.25) is 11.8 Å². The van der Waals surface area contributed by atoms with E-state index in [0.717, 1.165) is 36.4 Å². The Morgan fingerprint density at radius 1 is 1.33 bits per heavy atom. The van der Waals surface area contributed by atoms with Gasteiger partial charge in [-0.15, -0.1) is 0 Å². The number of hydrogen-bond acceptors (Lipinski definition) is 4. The van der Waals surface area contributed by atoms with E-state index in [-0.39, 0.29) is 11.8 Å². The highest BCUT2D eigenvalue weighted by Crippen LogP contribution is 2.33. The number of nitrogens with zero attached hydrogens (tertiary/aromatic N) is 3. The van der Waals surface area contributed by atoms with E-state index in [1.165, 1.54) is 6.08 Å². The molecule has 0 N–H and O–H groups in total. The van der Waals surface area contributed by atoms with Crippen LogP contribution in [0.5, 0.6) is 11.6 Å². The van der Waals surface area contributed by atoms with Crippen molar-refractivity contribution in [2.75, 3.05) is 13.1 Å². The van der Waals surface area contributed by atoms with Crippen molar-refractivity contribution in [3.8, 4) is 11.6 Å². The highest BCUT2D eigenvalue weighted by atomic mass is 16.5. The minimum atomic E-state index is -0.0371. The normalized spacial score (nSPS) is 17.4. The van der Waals surface area contributed by atoms with Gasteiger partial charge in [-0.3, -0.25) is 9.78 Å². The first kappa shape index (κ1) is 16.2. The second-order valence-corrected chi connectivity index (χ2v) is 5.94. The molecule has 1 aromatic heterocycles. The fourth-order valence-corrected chi connectivity index (χ4v) is 3.00. The average Bonchev–Trinajstić information content (AvgIpc) is 2.63. The number of para-hydroxylation sites is 1. The Labute approximate surface area is 142 Å². The van der Waals surface area contributed by atoms with Gasteiger partial charge in [-0.25, -0.2) is 4.98 Å². The number of likely N-dealkylation sites (tertiary alicyclic amines) is 1. The molecule has 0 spiro atoms. The molecule has 1 aliphatic heterocycles. The molecule has 5 heteroatoms. The molecule has 0 bridgehead atoms. The van der Waals surface area contributed by atoms with Crippen molar-refractivity contribution in [2.24, 2.45) is 0 Å². The molecule has 0 radical (unpaired) electrons. The molecule has 124 valence electrons. The summed E-state index contributed by atoms with van der Waals surface area (Å²) in [7, 11) is 0. The lowest BCUT2D eigenvalue weighted by Crippen LogP contribution is -2.38. The lowest BCUT2D eigenvalue weighted by molar-refractivity contribution is -0.127. The van der Waals surface area contributed by atoms with Crippen LogP contribution in [-0.4, -0.2) is 33.9 Å². The first-order chi connectivity index (χ1) is 11.7. The zero-order valence-electron chi connectivity index (χ0n) is 13.8. The van der Waals surface area contributed by atoms with Crippen LogP contribution in [0.3, 0.4) is 0 Å². The summed E-state index contributed by atoms with van der Waals surface area (Å²) < 4.78 is 6.02. The molecule has 1 aliphatic rings. The van der Waals surface area contributed by atoms with Crippen molar-refractivity contribution in [1.82, 2.24) is 14.9 Å². The van der Waals surface area contributed by atoms with E-state index in [1.807, 2.05) is 36.1 Å². The van der Waals surface area contributed by atoms with Gasteiger partial charge >= 0.3 is 0 Å². The van der Waals surface area contributed by atoms with E-state index in [2.05, 4.69) is 16.5 Å². The van der Waals surface area contributed by atoms with E-state index in [4.69, 9.17) is 4.74 Å². The summed E-state index contributed by atoms with van der Waals surface area (Å²) in [5.41, 5.74) is 1.85. The number of aromatic nitrogens is 2. The summed E-state index contributed by atoms with van der Waals surface area (Å²) in [4.78, 5) is 22.6. The van der Waals surface area contributed by atoms with Crippen LogP contribution in [0.25, 0.3) is 0 Å². The Morgan fingerprint density at radius 3 is 2.92 bits per heavy atom. The predicted octanol–water partition coefficient (Wildman–Crippen LogP) is 3.47.